The number of nitrogens with zero attached hydrogens (tertiary/aromatic N) is 6. The monoisotopic (exact) mass is 452 g/mol. The lowest BCUT2D eigenvalue weighted by molar-refractivity contribution is -0.387. The van der Waals surface area contributed by atoms with E-state index in [1.54, 1.807) is 26.0 Å². The Balaban J connectivity index is 2.25. The number of sulfonamides is 1. The van der Waals surface area contributed by atoms with Gasteiger partial charge in [0.15, 0.2) is 4.90 Å². The molecule has 0 saturated heterocycles. The molecular weight excluding hydrogens is 428 g/mol. The van der Waals surface area contributed by atoms with Crippen LogP contribution < -0.4 is 4.90 Å². The normalized spacial score (nSPS) is 11.6. The number of likely N-dealkylation sites (N-methyl/N-ethyl adjacent to an activating group) is 2. The molecule has 1 aromatic carbocycles. The Morgan fingerprint density at radius 3 is 2.10 bits per heavy atom. The Labute approximate surface area is 180 Å². The maximum Gasteiger partial charge on any atom is 0.289 e. The van der Waals surface area contributed by atoms with Gasteiger partial charge in [-0.1, -0.05) is 12.1 Å². The molecule has 0 aliphatic carbocycles. The molecule has 0 atom stereocenters. The fraction of sp³-hybridized carbons (Fsp3) is 0.389. The number of benzene rings is 1. The molecule has 0 amide bonds. The average Bonchev–Trinajstić information content (AvgIpc) is 2.73. The molecule has 168 valence electrons. The van der Waals surface area contributed by atoms with Crippen LogP contribution in [0.2, 0.25) is 0 Å². The predicted molar refractivity (Wildman–Crippen MR) is 115 cm³/mol. The third-order valence-corrected chi connectivity index (χ3v) is 6.44. The van der Waals surface area contributed by atoms with E-state index < -0.39 is 25.6 Å². The van der Waals surface area contributed by atoms with E-state index in [1.807, 2.05) is 4.90 Å². The van der Waals surface area contributed by atoms with Gasteiger partial charge in [-0.15, -0.1) is 0 Å². The minimum absolute atomic E-state index is 0.0391. The molecule has 2 aromatic rings. The molecule has 0 aliphatic rings. The highest BCUT2D eigenvalue weighted by atomic mass is 32.2. The van der Waals surface area contributed by atoms with Crippen molar-refractivity contribution in [2.45, 2.75) is 4.90 Å². The number of hydrogen-bond donors (Lipinski definition) is 0. The van der Waals surface area contributed by atoms with Crippen LogP contribution >= 0.6 is 0 Å². The summed E-state index contributed by atoms with van der Waals surface area (Å²) >= 11 is 0. The summed E-state index contributed by atoms with van der Waals surface area (Å²) in [6, 6.07) is 8.01. The third kappa shape index (κ3) is 6.16. The number of nitro benzene ring substituents is 1. The highest BCUT2D eigenvalue weighted by Crippen LogP contribution is 2.26. The molecule has 0 saturated carbocycles. The number of aromatic nitrogens is 1. The molecule has 0 N–H and O–H groups in total. The van der Waals surface area contributed by atoms with Crippen LogP contribution in [0.15, 0.2) is 47.5 Å². The molecule has 31 heavy (non-hydrogen) atoms. The van der Waals surface area contributed by atoms with E-state index >= 15 is 0 Å². The summed E-state index contributed by atoms with van der Waals surface area (Å²) in [7, 11) is 1.13. The highest BCUT2D eigenvalue weighted by molar-refractivity contribution is 7.89. The Hall–Kier alpha value is -3.16. The van der Waals surface area contributed by atoms with Gasteiger partial charge in [0.05, 0.1) is 9.85 Å². The molecule has 1 heterocycles. The standard InChI is InChI=1S/C18H24N6O6S/c1-20(2)10-12-22(31(29,30)17-7-5-4-6-16(17)24(27)28)13-11-21(3)18-9-8-15(14-19-18)23(25)26/h4-9,14H,10-13H2,1-3H3. The first-order chi connectivity index (χ1) is 14.5. The minimum atomic E-state index is -4.14. The van der Waals surface area contributed by atoms with Gasteiger partial charge in [-0.2, -0.15) is 4.31 Å². The fourth-order valence-corrected chi connectivity index (χ4v) is 4.30. The average molecular weight is 452 g/mol. The van der Waals surface area contributed by atoms with Crippen molar-refractivity contribution < 1.29 is 18.3 Å². The van der Waals surface area contributed by atoms with Crippen molar-refractivity contribution in [3.05, 3.63) is 62.8 Å². The van der Waals surface area contributed by atoms with E-state index in [9.17, 15) is 28.6 Å². The second kappa shape index (κ2) is 10.2. The number of rotatable bonds is 11. The Kier molecular flexibility index (Phi) is 7.96. The summed E-state index contributed by atoms with van der Waals surface area (Å²) in [5.74, 6) is 0.432. The van der Waals surface area contributed by atoms with Crippen LogP contribution in [0, 0.1) is 20.2 Å². The minimum Gasteiger partial charge on any atom is -0.358 e. The summed E-state index contributed by atoms with van der Waals surface area (Å²) < 4.78 is 27.7. The van der Waals surface area contributed by atoms with Crippen LogP contribution in [-0.4, -0.2) is 79.8 Å². The van der Waals surface area contributed by atoms with Crippen LogP contribution in [0.1, 0.15) is 0 Å². The van der Waals surface area contributed by atoms with E-state index in [0.717, 1.165) is 12.3 Å². The van der Waals surface area contributed by atoms with Crippen molar-refractivity contribution >= 4 is 27.2 Å². The molecule has 12 nitrogen and oxygen atoms in total. The molecule has 1 aromatic heterocycles. The molecule has 0 aliphatic heterocycles. The first-order valence-electron chi connectivity index (χ1n) is 9.24. The first-order valence-corrected chi connectivity index (χ1v) is 10.7. The van der Waals surface area contributed by atoms with Gasteiger partial charge in [0.1, 0.15) is 12.0 Å². The lowest BCUT2D eigenvalue weighted by atomic mass is 10.3. The zero-order valence-corrected chi connectivity index (χ0v) is 18.2. The summed E-state index contributed by atoms with van der Waals surface area (Å²) in [5.41, 5.74) is -0.633. The molecular formula is C18H24N6O6S. The van der Waals surface area contributed by atoms with E-state index in [-0.39, 0.29) is 30.2 Å². The van der Waals surface area contributed by atoms with Crippen LogP contribution in [0.4, 0.5) is 17.2 Å². The van der Waals surface area contributed by atoms with Gasteiger partial charge in [0.25, 0.3) is 11.4 Å². The Morgan fingerprint density at radius 1 is 0.903 bits per heavy atom. The molecule has 0 spiro atoms. The third-order valence-electron chi connectivity index (χ3n) is 4.50. The molecule has 0 radical (unpaired) electrons. The summed E-state index contributed by atoms with van der Waals surface area (Å²) in [6.07, 6.45) is 1.12. The maximum absolute atomic E-state index is 13.2. The molecule has 0 fully saturated rings. The number of anilines is 1. The number of para-hydroxylation sites is 1. The van der Waals surface area contributed by atoms with Crippen LogP contribution in [0.5, 0.6) is 0 Å². The van der Waals surface area contributed by atoms with Crippen molar-refractivity contribution in [3.8, 4) is 0 Å². The lowest BCUT2D eigenvalue weighted by Crippen LogP contribution is -2.41. The smallest absolute Gasteiger partial charge is 0.289 e. The summed E-state index contributed by atoms with van der Waals surface area (Å²) in [6.45, 7) is 0.803. The lowest BCUT2D eigenvalue weighted by Gasteiger charge is -2.26. The van der Waals surface area contributed by atoms with Gasteiger partial charge in [-0.05, 0) is 26.2 Å². The van der Waals surface area contributed by atoms with Crippen molar-refractivity contribution in [2.75, 3.05) is 52.2 Å². The maximum atomic E-state index is 13.2. The molecule has 0 unspecified atom stereocenters. The van der Waals surface area contributed by atoms with Crippen molar-refractivity contribution in [1.82, 2.24) is 14.2 Å². The SMILES string of the molecule is CN(C)CCN(CCN(C)c1ccc([N+](=O)[O-])cn1)S(=O)(=O)c1ccccc1[N+](=O)[O-]. The van der Waals surface area contributed by atoms with Gasteiger partial charge in [0, 0.05) is 45.4 Å². The number of pyridine rings is 1. The highest BCUT2D eigenvalue weighted by Gasteiger charge is 2.31. The van der Waals surface area contributed by atoms with E-state index in [4.69, 9.17) is 0 Å². The van der Waals surface area contributed by atoms with Crippen molar-refractivity contribution in [1.29, 1.82) is 0 Å². The van der Waals surface area contributed by atoms with Crippen LogP contribution in [0.25, 0.3) is 0 Å². The molecule has 13 heteroatoms. The summed E-state index contributed by atoms with van der Waals surface area (Å²) in [5, 5.41) is 22.1. The molecule has 2 rings (SSSR count). The van der Waals surface area contributed by atoms with Gasteiger partial charge < -0.3 is 9.80 Å². The second-order valence-electron chi connectivity index (χ2n) is 6.99. The van der Waals surface area contributed by atoms with Gasteiger partial charge in [-0.25, -0.2) is 13.4 Å². The van der Waals surface area contributed by atoms with E-state index in [2.05, 4.69) is 4.98 Å². The Bertz CT molecular complexity index is 1030. The quantitative estimate of drug-likeness (QED) is 0.367. The number of hydrogen-bond acceptors (Lipinski definition) is 9. The van der Waals surface area contributed by atoms with Gasteiger partial charge >= 0.3 is 0 Å². The van der Waals surface area contributed by atoms with Crippen molar-refractivity contribution in [3.63, 3.8) is 0 Å². The summed E-state index contributed by atoms with van der Waals surface area (Å²) in [4.78, 5) is 28.0. The molecule has 0 bridgehead atoms. The van der Waals surface area contributed by atoms with Gasteiger partial charge in [-0.3, -0.25) is 20.2 Å². The fourth-order valence-electron chi connectivity index (χ4n) is 2.72. The van der Waals surface area contributed by atoms with Crippen molar-refractivity contribution in [2.24, 2.45) is 0 Å². The van der Waals surface area contributed by atoms with Crippen LogP contribution in [-0.2, 0) is 10.0 Å². The zero-order valence-electron chi connectivity index (χ0n) is 17.4. The largest absolute Gasteiger partial charge is 0.358 e. The van der Waals surface area contributed by atoms with E-state index in [0.29, 0.717) is 12.4 Å². The topological polar surface area (TPSA) is 143 Å². The second-order valence-corrected chi connectivity index (χ2v) is 8.89. The van der Waals surface area contributed by atoms with Crippen LogP contribution in [0.3, 0.4) is 0 Å². The Morgan fingerprint density at radius 2 is 1.55 bits per heavy atom. The zero-order chi connectivity index (χ0) is 23.2. The first kappa shape index (κ1) is 24.1. The van der Waals surface area contributed by atoms with E-state index in [1.165, 1.54) is 34.6 Å². The number of nitro groups is 2. The predicted octanol–water partition coefficient (Wildman–Crippen LogP) is 1.59. The van der Waals surface area contributed by atoms with Gasteiger partial charge in [0.2, 0.25) is 10.0 Å².